The van der Waals surface area contributed by atoms with Crippen molar-refractivity contribution in [2.45, 2.75) is 44.8 Å². The van der Waals surface area contributed by atoms with Crippen molar-refractivity contribution >= 4 is 5.91 Å². The van der Waals surface area contributed by atoms with E-state index >= 15 is 0 Å². The van der Waals surface area contributed by atoms with Crippen LogP contribution in [-0.2, 0) is 14.3 Å². The van der Waals surface area contributed by atoms with Gasteiger partial charge >= 0.3 is 0 Å². The Morgan fingerprint density at radius 1 is 1.42 bits per heavy atom. The predicted molar refractivity (Wildman–Crippen MR) is 72.7 cm³/mol. The van der Waals surface area contributed by atoms with Crippen molar-refractivity contribution in [1.82, 2.24) is 5.32 Å². The highest BCUT2D eigenvalue weighted by Gasteiger charge is 2.28. The standard InChI is InChI=1S/C14H26N2O3/c1-10(11-3-2-4-12(15)7-11)14(17)16-8-13-9-18-5-6-19-13/h10-13H,2-9,15H2,1H3,(H,16,17). The molecule has 0 aromatic rings. The molecule has 4 atom stereocenters. The van der Waals surface area contributed by atoms with E-state index in [4.69, 9.17) is 15.2 Å². The quantitative estimate of drug-likeness (QED) is 0.787. The largest absolute Gasteiger partial charge is 0.376 e. The number of amides is 1. The maximum absolute atomic E-state index is 12.1. The number of hydrogen-bond donors (Lipinski definition) is 2. The maximum Gasteiger partial charge on any atom is 0.223 e. The summed E-state index contributed by atoms with van der Waals surface area (Å²) in [5.74, 6) is 0.580. The molecule has 2 fully saturated rings. The lowest BCUT2D eigenvalue weighted by Gasteiger charge is -2.31. The zero-order valence-corrected chi connectivity index (χ0v) is 11.8. The number of rotatable bonds is 4. The van der Waals surface area contributed by atoms with Crippen LogP contribution in [0.15, 0.2) is 0 Å². The van der Waals surface area contributed by atoms with Crippen LogP contribution in [0.1, 0.15) is 32.6 Å². The summed E-state index contributed by atoms with van der Waals surface area (Å²) < 4.78 is 10.8. The fourth-order valence-electron chi connectivity index (χ4n) is 2.96. The van der Waals surface area contributed by atoms with E-state index < -0.39 is 0 Å². The van der Waals surface area contributed by atoms with Crippen LogP contribution in [-0.4, -0.2) is 44.4 Å². The first kappa shape index (κ1) is 14.8. The molecule has 1 saturated heterocycles. The second-order valence-corrected chi connectivity index (χ2v) is 5.79. The van der Waals surface area contributed by atoms with Gasteiger partial charge < -0.3 is 20.5 Å². The minimum atomic E-state index is -0.00138. The first-order valence-electron chi connectivity index (χ1n) is 7.39. The van der Waals surface area contributed by atoms with Crippen molar-refractivity contribution in [3.8, 4) is 0 Å². The molecule has 2 aliphatic rings. The SMILES string of the molecule is CC(C(=O)NCC1COCCO1)C1CCCC(N)C1. The van der Waals surface area contributed by atoms with Crippen LogP contribution in [0.3, 0.4) is 0 Å². The molecule has 0 aromatic heterocycles. The van der Waals surface area contributed by atoms with Gasteiger partial charge in [-0.1, -0.05) is 13.3 Å². The Kier molecular flexibility index (Phi) is 5.60. The molecule has 0 spiro atoms. The molecule has 1 aliphatic carbocycles. The van der Waals surface area contributed by atoms with Gasteiger partial charge in [0.05, 0.1) is 25.9 Å². The van der Waals surface area contributed by atoms with E-state index in [1.165, 1.54) is 0 Å². The Hall–Kier alpha value is -0.650. The summed E-state index contributed by atoms with van der Waals surface area (Å²) in [5, 5.41) is 2.98. The summed E-state index contributed by atoms with van der Waals surface area (Å²) in [6.07, 6.45) is 4.32. The molecule has 1 heterocycles. The second kappa shape index (κ2) is 7.22. The first-order valence-corrected chi connectivity index (χ1v) is 7.39. The Bertz CT molecular complexity index is 292. The van der Waals surface area contributed by atoms with Crippen molar-refractivity contribution in [3.05, 3.63) is 0 Å². The van der Waals surface area contributed by atoms with Crippen LogP contribution in [0, 0.1) is 11.8 Å². The smallest absolute Gasteiger partial charge is 0.223 e. The molecule has 19 heavy (non-hydrogen) atoms. The minimum absolute atomic E-state index is 0.00138. The zero-order chi connectivity index (χ0) is 13.7. The summed E-state index contributed by atoms with van der Waals surface area (Å²) in [6, 6.07) is 0.268. The summed E-state index contributed by atoms with van der Waals surface area (Å²) in [5.41, 5.74) is 5.99. The zero-order valence-electron chi connectivity index (χ0n) is 11.8. The lowest BCUT2D eigenvalue weighted by Crippen LogP contribution is -2.43. The van der Waals surface area contributed by atoms with E-state index in [9.17, 15) is 4.79 Å². The normalized spacial score (nSPS) is 33.7. The average molecular weight is 270 g/mol. The van der Waals surface area contributed by atoms with E-state index in [0.717, 1.165) is 25.7 Å². The van der Waals surface area contributed by atoms with Crippen LogP contribution < -0.4 is 11.1 Å². The van der Waals surface area contributed by atoms with Crippen molar-refractivity contribution < 1.29 is 14.3 Å². The molecular weight excluding hydrogens is 244 g/mol. The molecular formula is C14H26N2O3. The van der Waals surface area contributed by atoms with Crippen LogP contribution >= 0.6 is 0 Å². The number of ether oxygens (including phenoxy) is 2. The molecule has 4 unspecified atom stereocenters. The number of hydrogen-bond acceptors (Lipinski definition) is 4. The second-order valence-electron chi connectivity index (χ2n) is 5.79. The topological polar surface area (TPSA) is 73.6 Å². The van der Waals surface area contributed by atoms with Gasteiger partial charge in [0.1, 0.15) is 0 Å². The minimum Gasteiger partial charge on any atom is -0.376 e. The van der Waals surface area contributed by atoms with Crippen LogP contribution in [0.2, 0.25) is 0 Å². The van der Waals surface area contributed by atoms with E-state index in [2.05, 4.69) is 5.32 Å². The third-order valence-electron chi connectivity index (χ3n) is 4.26. The summed E-state index contributed by atoms with van der Waals surface area (Å²) in [6.45, 7) is 4.40. The van der Waals surface area contributed by atoms with Crippen LogP contribution in [0.4, 0.5) is 0 Å². The Balaban J connectivity index is 1.72. The monoisotopic (exact) mass is 270 g/mol. The van der Waals surface area contributed by atoms with Gasteiger partial charge in [0.15, 0.2) is 0 Å². The highest BCUT2D eigenvalue weighted by atomic mass is 16.6. The van der Waals surface area contributed by atoms with Crippen LogP contribution in [0.5, 0.6) is 0 Å². The number of nitrogens with two attached hydrogens (primary N) is 1. The van der Waals surface area contributed by atoms with Crippen molar-refractivity contribution in [1.29, 1.82) is 0 Å². The summed E-state index contributed by atoms with van der Waals surface area (Å²) in [7, 11) is 0. The molecule has 5 nitrogen and oxygen atoms in total. The third-order valence-corrected chi connectivity index (χ3v) is 4.26. The van der Waals surface area contributed by atoms with Gasteiger partial charge in [-0.15, -0.1) is 0 Å². The van der Waals surface area contributed by atoms with Gasteiger partial charge in [0, 0.05) is 18.5 Å². The van der Waals surface area contributed by atoms with E-state index in [-0.39, 0.29) is 24.0 Å². The van der Waals surface area contributed by atoms with Gasteiger partial charge in [0.25, 0.3) is 0 Å². The number of carbonyl (C=O) groups is 1. The number of carbonyl (C=O) groups excluding carboxylic acids is 1. The molecule has 0 bridgehead atoms. The highest BCUT2D eigenvalue weighted by molar-refractivity contribution is 5.78. The average Bonchev–Trinajstić information content (AvgIpc) is 2.45. The van der Waals surface area contributed by atoms with Gasteiger partial charge in [-0.05, 0) is 25.2 Å². The van der Waals surface area contributed by atoms with Gasteiger partial charge in [0.2, 0.25) is 5.91 Å². The lowest BCUT2D eigenvalue weighted by atomic mass is 9.78. The van der Waals surface area contributed by atoms with E-state index in [0.29, 0.717) is 32.3 Å². The predicted octanol–water partition coefficient (Wildman–Crippen LogP) is 0.672. The van der Waals surface area contributed by atoms with Gasteiger partial charge in [-0.3, -0.25) is 4.79 Å². The molecule has 1 amide bonds. The molecule has 0 radical (unpaired) electrons. The van der Waals surface area contributed by atoms with E-state index in [1.54, 1.807) is 0 Å². The highest BCUT2D eigenvalue weighted by Crippen LogP contribution is 2.29. The van der Waals surface area contributed by atoms with Crippen molar-refractivity contribution in [3.63, 3.8) is 0 Å². The van der Waals surface area contributed by atoms with Crippen molar-refractivity contribution in [2.75, 3.05) is 26.4 Å². The maximum atomic E-state index is 12.1. The molecule has 2 rings (SSSR count). The lowest BCUT2D eigenvalue weighted by molar-refractivity contribution is -0.129. The molecule has 0 aromatic carbocycles. The number of nitrogens with one attached hydrogen (secondary N) is 1. The molecule has 5 heteroatoms. The molecule has 1 saturated carbocycles. The fraction of sp³-hybridized carbons (Fsp3) is 0.929. The van der Waals surface area contributed by atoms with Gasteiger partial charge in [-0.25, -0.2) is 0 Å². The molecule has 1 aliphatic heterocycles. The molecule has 110 valence electrons. The third kappa shape index (κ3) is 4.44. The first-order chi connectivity index (χ1) is 9.16. The summed E-state index contributed by atoms with van der Waals surface area (Å²) >= 11 is 0. The van der Waals surface area contributed by atoms with Gasteiger partial charge in [-0.2, -0.15) is 0 Å². The van der Waals surface area contributed by atoms with E-state index in [1.807, 2.05) is 6.92 Å². The van der Waals surface area contributed by atoms with Crippen molar-refractivity contribution in [2.24, 2.45) is 17.6 Å². The summed E-state index contributed by atoms with van der Waals surface area (Å²) in [4.78, 5) is 12.1. The Morgan fingerprint density at radius 3 is 2.95 bits per heavy atom. The Labute approximate surface area is 115 Å². The fourth-order valence-corrected chi connectivity index (χ4v) is 2.96. The Morgan fingerprint density at radius 2 is 2.26 bits per heavy atom. The van der Waals surface area contributed by atoms with Crippen LogP contribution in [0.25, 0.3) is 0 Å². The molecule has 3 N–H and O–H groups in total.